The van der Waals surface area contributed by atoms with E-state index in [2.05, 4.69) is 17.0 Å². The lowest BCUT2D eigenvalue weighted by Crippen LogP contribution is -2.49. The molecule has 3 heterocycles. The molecule has 8 heteroatoms. The molecule has 0 unspecified atom stereocenters. The van der Waals surface area contributed by atoms with Gasteiger partial charge in [0, 0.05) is 62.5 Å². The van der Waals surface area contributed by atoms with Crippen LogP contribution in [0.2, 0.25) is 5.02 Å². The van der Waals surface area contributed by atoms with Crippen molar-refractivity contribution in [1.29, 1.82) is 0 Å². The van der Waals surface area contributed by atoms with E-state index in [1.165, 1.54) is 10.6 Å². The lowest BCUT2D eigenvalue weighted by atomic mass is 10.1. The molecule has 2 aliphatic rings. The highest BCUT2D eigenvalue weighted by atomic mass is 35.5. The lowest BCUT2D eigenvalue weighted by molar-refractivity contribution is 0.0735. The van der Waals surface area contributed by atoms with Crippen LogP contribution in [0.3, 0.4) is 0 Å². The van der Waals surface area contributed by atoms with Crippen LogP contribution in [0.4, 0.5) is 11.5 Å². The van der Waals surface area contributed by atoms with Crippen LogP contribution >= 0.6 is 11.6 Å². The Kier molecular flexibility index (Phi) is 6.28. The molecule has 0 N–H and O–H groups in total. The molecule has 34 heavy (non-hydrogen) atoms. The van der Waals surface area contributed by atoms with Crippen LogP contribution in [-0.4, -0.2) is 59.5 Å². The van der Waals surface area contributed by atoms with E-state index in [1.54, 1.807) is 31.3 Å². The number of nitrogens with zero attached hydrogens (tertiary/aromatic N) is 5. The highest BCUT2D eigenvalue weighted by molar-refractivity contribution is 6.31. The zero-order valence-corrected chi connectivity index (χ0v) is 20.0. The molecule has 0 aliphatic carbocycles. The number of imidazole rings is 1. The number of piperazine rings is 1. The molecule has 1 saturated heterocycles. The summed E-state index contributed by atoms with van der Waals surface area (Å²) >= 11 is 6.11. The number of aromatic nitrogens is 2. The van der Waals surface area contributed by atoms with E-state index in [0.717, 1.165) is 44.7 Å². The third-order valence-electron chi connectivity index (χ3n) is 6.65. The number of para-hydroxylation sites is 1. The summed E-state index contributed by atoms with van der Waals surface area (Å²) in [6.45, 7) is 3.53. The van der Waals surface area contributed by atoms with Crippen molar-refractivity contribution < 1.29 is 9.59 Å². The van der Waals surface area contributed by atoms with Gasteiger partial charge in [-0.25, -0.2) is 4.98 Å². The summed E-state index contributed by atoms with van der Waals surface area (Å²) in [7, 11) is 1.68. The average molecular weight is 478 g/mol. The summed E-state index contributed by atoms with van der Waals surface area (Å²) in [5.41, 5.74) is 2.15. The topological polar surface area (TPSA) is 61.7 Å². The van der Waals surface area contributed by atoms with Crippen molar-refractivity contribution >= 4 is 34.9 Å². The molecule has 7 nitrogen and oxygen atoms in total. The predicted octanol–water partition coefficient (Wildman–Crippen LogP) is 4.11. The molecule has 5 rings (SSSR count). The Labute approximate surface area is 204 Å². The number of benzene rings is 2. The van der Waals surface area contributed by atoms with E-state index in [-0.39, 0.29) is 11.8 Å². The zero-order chi connectivity index (χ0) is 23.7. The first-order valence-corrected chi connectivity index (χ1v) is 12.1. The first-order valence-electron chi connectivity index (χ1n) is 11.8. The van der Waals surface area contributed by atoms with Gasteiger partial charge >= 0.3 is 0 Å². The van der Waals surface area contributed by atoms with Gasteiger partial charge in [0.25, 0.3) is 11.8 Å². The van der Waals surface area contributed by atoms with Crippen molar-refractivity contribution in [2.24, 2.45) is 0 Å². The van der Waals surface area contributed by atoms with Crippen molar-refractivity contribution in [3.05, 3.63) is 76.7 Å². The van der Waals surface area contributed by atoms with Crippen LogP contribution in [0.5, 0.6) is 0 Å². The van der Waals surface area contributed by atoms with Gasteiger partial charge in [-0.05, 0) is 43.2 Å². The maximum Gasteiger partial charge on any atom is 0.274 e. The number of amides is 2. The quantitative estimate of drug-likeness (QED) is 0.567. The van der Waals surface area contributed by atoms with Crippen LogP contribution in [-0.2, 0) is 13.0 Å². The Morgan fingerprint density at radius 1 is 0.941 bits per heavy atom. The van der Waals surface area contributed by atoms with Crippen molar-refractivity contribution in [3.8, 4) is 0 Å². The van der Waals surface area contributed by atoms with Crippen molar-refractivity contribution in [3.63, 3.8) is 0 Å². The van der Waals surface area contributed by atoms with Gasteiger partial charge < -0.3 is 14.4 Å². The largest absolute Gasteiger partial charge is 0.368 e. The third kappa shape index (κ3) is 4.28. The number of carbonyl (C=O) groups is 2. The maximum atomic E-state index is 13.8. The van der Waals surface area contributed by atoms with Gasteiger partial charge in [0.05, 0.1) is 0 Å². The van der Waals surface area contributed by atoms with Crippen LogP contribution in [0, 0.1) is 0 Å². The number of hydrogen-bond acceptors (Lipinski definition) is 4. The van der Waals surface area contributed by atoms with Crippen LogP contribution in [0.1, 0.15) is 39.5 Å². The molecule has 0 spiro atoms. The number of fused-ring (bicyclic) bond motifs is 1. The second-order valence-corrected chi connectivity index (χ2v) is 9.23. The summed E-state index contributed by atoms with van der Waals surface area (Å²) in [5, 5.41) is 0.496. The van der Waals surface area contributed by atoms with Gasteiger partial charge in [-0.1, -0.05) is 35.9 Å². The highest BCUT2D eigenvalue weighted by Gasteiger charge is 2.33. The number of rotatable bonds is 4. The number of carbonyl (C=O) groups excluding carboxylic acids is 2. The Hall–Kier alpha value is -3.32. The lowest BCUT2D eigenvalue weighted by Gasteiger charge is -2.36. The molecule has 176 valence electrons. The molecular weight excluding hydrogens is 450 g/mol. The van der Waals surface area contributed by atoms with E-state index < -0.39 is 0 Å². The molecule has 0 bridgehead atoms. The SMILES string of the molecule is CN(C(=O)c1cccc(Cl)c1)c1nc2n(c1C(=O)N1CCN(c3ccccc3)CC1)CCCC2. The normalized spacial score (nSPS) is 15.7. The van der Waals surface area contributed by atoms with Crippen LogP contribution < -0.4 is 9.80 Å². The smallest absolute Gasteiger partial charge is 0.274 e. The summed E-state index contributed by atoms with van der Waals surface area (Å²) in [4.78, 5) is 37.5. The first-order chi connectivity index (χ1) is 16.5. The summed E-state index contributed by atoms with van der Waals surface area (Å²) in [6, 6.07) is 17.1. The van der Waals surface area contributed by atoms with E-state index >= 15 is 0 Å². The summed E-state index contributed by atoms with van der Waals surface area (Å²) < 4.78 is 2.02. The summed E-state index contributed by atoms with van der Waals surface area (Å²) in [6.07, 6.45) is 2.84. The predicted molar refractivity (Wildman–Crippen MR) is 134 cm³/mol. The summed E-state index contributed by atoms with van der Waals surface area (Å²) in [5.74, 6) is 1.01. The monoisotopic (exact) mass is 477 g/mol. The standard InChI is InChI=1S/C26H28ClN5O2/c1-29(25(33)19-8-7-9-20(27)18-19)24-23(32-13-6-5-12-22(32)28-24)26(34)31-16-14-30(15-17-31)21-10-3-2-4-11-21/h2-4,7-11,18H,5-6,12-17H2,1H3. The van der Waals surface area contributed by atoms with Gasteiger partial charge in [-0.15, -0.1) is 0 Å². The molecular formula is C26H28ClN5O2. The second kappa shape index (κ2) is 9.50. The Bertz CT molecular complexity index is 1200. The maximum absolute atomic E-state index is 13.8. The Morgan fingerprint density at radius 2 is 1.71 bits per heavy atom. The van der Waals surface area contributed by atoms with Crippen molar-refractivity contribution in [2.45, 2.75) is 25.8 Å². The number of aryl methyl sites for hydroxylation is 1. The van der Waals surface area contributed by atoms with Crippen LogP contribution in [0.25, 0.3) is 0 Å². The van der Waals surface area contributed by atoms with Crippen molar-refractivity contribution in [1.82, 2.24) is 14.5 Å². The first kappa shape index (κ1) is 22.5. The van der Waals surface area contributed by atoms with Crippen molar-refractivity contribution in [2.75, 3.05) is 43.0 Å². The van der Waals surface area contributed by atoms with Gasteiger partial charge in [-0.3, -0.25) is 14.5 Å². The number of anilines is 2. The van der Waals surface area contributed by atoms with Gasteiger partial charge in [0.2, 0.25) is 0 Å². The molecule has 1 aromatic heterocycles. The van der Waals surface area contributed by atoms with Gasteiger partial charge in [0.15, 0.2) is 11.5 Å². The number of halogens is 1. The minimum absolute atomic E-state index is 0.0610. The molecule has 0 saturated carbocycles. The van der Waals surface area contributed by atoms with E-state index in [4.69, 9.17) is 16.6 Å². The third-order valence-corrected chi connectivity index (χ3v) is 6.88. The fraction of sp³-hybridized carbons (Fsp3) is 0.346. The molecule has 3 aromatic rings. The minimum atomic E-state index is -0.235. The molecule has 2 amide bonds. The molecule has 0 radical (unpaired) electrons. The average Bonchev–Trinajstić information content (AvgIpc) is 3.27. The van der Waals surface area contributed by atoms with E-state index in [9.17, 15) is 9.59 Å². The molecule has 0 atom stereocenters. The van der Waals surface area contributed by atoms with Gasteiger partial charge in [0.1, 0.15) is 5.82 Å². The van der Waals surface area contributed by atoms with Crippen LogP contribution in [0.15, 0.2) is 54.6 Å². The fourth-order valence-corrected chi connectivity index (χ4v) is 4.97. The second-order valence-electron chi connectivity index (χ2n) is 8.80. The minimum Gasteiger partial charge on any atom is -0.368 e. The van der Waals surface area contributed by atoms with E-state index in [1.807, 2.05) is 27.7 Å². The fourth-order valence-electron chi connectivity index (χ4n) is 4.78. The van der Waals surface area contributed by atoms with E-state index in [0.29, 0.717) is 35.2 Å². The molecule has 2 aliphatic heterocycles. The number of hydrogen-bond donors (Lipinski definition) is 0. The Morgan fingerprint density at radius 3 is 2.44 bits per heavy atom. The highest BCUT2D eigenvalue weighted by Crippen LogP contribution is 2.29. The van der Waals surface area contributed by atoms with Gasteiger partial charge in [-0.2, -0.15) is 0 Å². The Balaban J connectivity index is 1.41. The molecule has 1 fully saturated rings. The molecule has 2 aromatic carbocycles. The zero-order valence-electron chi connectivity index (χ0n) is 19.3.